The zero-order valence-electron chi connectivity index (χ0n) is 11.3. The van der Waals surface area contributed by atoms with Gasteiger partial charge in [0.1, 0.15) is 4.99 Å². The number of rotatable bonds is 4. The fourth-order valence-corrected chi connectivity index (χ4v) is 2.24. The highest BCUT2D eigenvalue weighted by Gasteiger charge is 2.10. The fraction of sp³-hybridized carbons (Fsp3) is 0.188. The van der Waals surface area contributed by atoms with E-state index >= 15 is 0 Å². The summed E-state index contributed by atoms with van der Waals surface area (Å²) in [5.74, 6) is 0. The second-order valence-corrected chi connectivity index (χ2v) is 4.90. The Balaban J connectivity index is 2.37. The molecule has 0 unspecified atom stereocenters. The molecule has 19 heavy (non-hydrogen) atoms. The van der Waals surface area contributed by atoms with E-state index in [9.17, 15) is 0 Å². The van der Waals surface area contributed by atoms with E-state index in [0.29, 0.717) is 4.99 Å². The van der Waals surface area contributed by atoms with Gasteiger partial charge in [0, 0.05) is 18.3 Å². The summed E-state index contributed by atoms with van der Waals surface area (Å²) in [6.45, 7) is 2.15. The topological polar surface area (TPSA) is 29.3 Å². The SMILES string of the molecule is CCc1ccc(N(C)c2ccccc2C(N)=S)cc1. The van der Waals surface area contributed by atoms with Crippen LogP contribution in [0.3, 0.4) is 0 Å². The summed E-state index contributed by atoms with van der Waals surface area (Å²) < 4.78 is 0. The van der Waals surface area contributed by atoms with Gasteiger partial charge in [0.15, 0.2) is 0 Å². The lowest BCUT2D eigenvalue weighted by Crippen LogP contribution is -2.17. The van der Waals surface area contributed by atoms with Crippen molar-refractivity contribution in [2.24, 2.45) is 5.73 Å². The molecule has 2 aromatic rings. The van der Waals surface area contributed by atoms with Crippen LogP contribution in [0.5, 0.6) is 0 Å². The number of hydrogen-bond acceptors (Lipinski definition) is 2. The summed E-state index contributed by atoms with van der Waals surface area (Å²) >= 11 is 5.11. The van der Waals surface area contributed by atoms with Crippen molar-refractivity contribution in [1.82, 2.24) is 0 Å². The third-order valence-electron chi connectivity index (χ3n) is 3.26. The van der Waals surface area contributed by atoms with Gasteiger partial charge in [0.2, 0.25) is 0 Å². The van der Waals surface area contributed by atoms with Gasteiger partial charge in [0.05, 0.1) is 5.69 Å². The highest BCUT2D eigenvalue weighted by molar-refractivity contribution is 7.80. The maximum atomic E-state index is 5.78. The normalized spacial score (nSPS) is 10.2. The van der Waals surface area contributed by atoms with Crippen LogP contribution >= 0.6 is 12.2 Å². The van der Waals surface area contributed by atoms with Crippen molar-refractivity contribution in [3.05, 3.63) is 59.7 Å². The van der Waals surface area contributed by atoms with Crippen LogP contribution in [-0.4, -0.2) is 12.0 Å². The Kier molecular flexibility index (Phi) is 4.17. The lowest BCUT2D eigenvalue weighted by molar-refractivity contribution is 1.13. The average molecular weight is 270 g/mol. The van der Waals surface area contributed by atoms with Crippen LogP contribution in [0.2, 0.25) is 0 Å². The molecule has 0 fully saturated rings. The van der Waals surface area contributed by atoms with E-state index in [1.165, 1.54) is 5.56 Å². The molecule has 0 atom stereocenters. The van der Waals surface area contributed by atoms with Crippen molar-refractivity contribution in [2.75, 3.05) is 11.9 Å². The Bertz CT molecular complexity index is 576. The van der Waals surface area contributed by atoms with Crippen molar-refractivity contribution in [3.8, 4) is 0 Å². The number of hydrogen-bond donors (Lipinski definition) is 1. The van der Waals surface area contributed by atoms with Crippen LogP contribution in [0.25, 0.3) is 0 Å². The molecule has 2 N–H and O–H groups in total. The third-order valence-corrected chi connectivity index (χ3v) is 3.48. The Morgan fingerprint density at radius 2 is 1.74 bits per heavy atom. The van der Waals surface area contributed by atoms with E-state index in [1.54, 1.807) is 0 Å². The number of thiocarbonyl (C=S) groups is 1. The number of benzene rings is 2. The van der Waals surface area contributed by atoms with Crippen molar-refractivity contribution in [3.63, 3.8) is 0 Å². The summed E-state index contributed by atoms with van der Waals surface area (Å²) in [6, 6.07) is 16.5. The van der Waals surface area contributed by atoms with Gasteiger partial charge in [-0.05, 0) is 36.2 Å². The van der Waals surface area contributed by atoms with E-state index in [2.05, 4.69) is 36.1 Å². The van der Waals surface area contributed by atoms with Crippen molar-refractivity contribution >= 4 is 28.6 Å². The third kappa shape index (κ3) is 2.93. The first-order chi connectivity index (χ1) is 9.13. The Morgan fingerprint density at radius 1 is 1.11 bits per heavy atom. The van der Waals surface area contributed by atoms with E-state index < -0.39 is 0 Å². The summed E-state index contributed by atoms with van der Waals surface area (Å²) in [5.41, 5.74) is 10.2. The second kappa shape index (κ2) is 5.85. The lowest BCUT2D eigenvalue weighted by Gasteiger charge is -2.22. The molecule has 0 aliphatic heterocycles. The molecule has 2 nitrogen and oxygen atoms in total. The molecular formula is C16H18N2S. The quantitative estimate of drug-likeness (QED) is 0.860. The predicted molar refractivity (Wildman–Crippen MR) is 86.2 cm³/mol. The van der Waals surface area contributed by atoms with Gasteiger partial charge in [-0.1, -0.05) is 43.4 Å². The first kappa shape index (κ1) is 13.6. The van der Waals surface area contributed by atoms with Gasteiger partial charge in [-0.2, -0.15) is 0 Å². The zero-order chi connectivity index (χ0) is 13.8. The molecule has 98 valence electrons. The molecular weight excluding hydrogens is 252 g/mol. The summed E-state index contributed by atoms with van der Waals surface area (Å²) in [6.07, 6.45) is 1.05. The fourth-order valence-electron chi connectivity index (χ4n) is 2.07. The van der Waals surface area contributed by atoms with Gasteiger partial charge in [-0.15, -0.1) is 0 Å². The largest absolute Gasteiger partial charge is 0.389 e. The molecule has 3 heteroatoms. The monoisotopic (exact) mass is 270 g/mol. The Hall–Kier alpha value is -1.87. The summed E-state index contributed by atoms with van der Waals surface area (Å²) in [7, 11) is 2.03. The van der Waals surface area contributed by atoms with Crippen molar-refractivity contribution < 1.29 is 0 Å². The molecule has 0 aliphatic rings. The highest BCUT2D eigenvalue weighted by Crippen LogP contribution is 2.27. The van der Waals surface area contributed by atoms with Crippen molar-refractivity contribution in [2.45, 2.75) is 13.3 Å². The number of anilines is 2. The van der Waals surface area contributed by atoms with E-state index in [1.807, 2.05) is 31.3 Å². The molecule has 0 bridgehead atoms. The maximum absolute atomic E-state index is 5.78. The first-order valence-electron chi connectivity index (χ1n) is 6.35. The lowest BCUT2D eigenvalue weighted by atomic mass is 10.1. The van der Waals surface area contributed by atoms with E-state index in [0.717, 1.165) is 23.4 Å². The standard InChI is InChI=1S/C16H18N2S/c1-3-12-8-10-13(11-9-12)18(2)15-7-5-4-6-14(15)16(17)19/h4-11H,3H2,1-2H3,(H2,17,19). The van der Waals surface area contributed by atoms with Crippen LogP contribution in [0.4, 0.5) is 11.4 Å². The Labute approximate surface area is 119 Å². The average Bonchev–Trinajstić information content (AvgIpc) is 2.46. The molecule has 0 amide bonds. The molecule has 0 aliphatic carbocycles. The smallest absolute Gasteiger partial charge is 0.106 e. The van der Waals surface area contributed by atoms with E-state index in [4.69, 9.17) is 18.0 Å². The molecule has 0 saturated carbocycles. The van der Waals surface area contributed by atoms with Gasteiger partial charge in [-0.3, -0.25) is 0 Å². The molecule has 0 radical (unpaired) electrons. The van der Waals surface area contributed by atoms with Crippen LogP contribution in [0, 0.1) is 0 Å². The number of nitrogens with zero attached hydrogens (tertiary/aromatic N) is 1. The molecule has 0 heterocycles. The minimum atomic E-state index is 0.424. The van der Waals surface area contributed by atoms with Gasteiger partial charge >= 0.3 is 0 Å². The second-order valence-electron chi connectivity index (χ2n) is 4.46. The molecule has 2 rings (SSSR count). The van der Waals surface area contributed by atoms with Crippen molar-refractivity contribution in [1.29, 1.82) is 0 Å². The van der Waals surface area contributed by atoms with Gasteiger partial charge in [-0.25, -0.2) is 0 Å². The summed E-state index contributed by atoms with van der Waals surface area (Å²) in [4.78, 5) is 2.53. The highest BCUT2D eigenvalue weighted by atomic mass is 32.1. The van der Waals surface area contributed by atoms with Crippen LogP contribution < -0.4 is 10.6 Å². The molecule has 2 aromatic carbocycles. The number of nitrogens with two attached hydrogens (primary N) is 1. The molecule has 0 spiro atoms. The minimum absolute atomic E-state index is 0.424. The molecule has 0 aromatic heterocycles. The van der Waals surface area contributed by atoms with Crippen LogP contribution in [0.1, 0.15) is 18.1 Å². The zero-order valence-corrected chi connectivity index (χ0v) is 12.1. The van der Waals surface area contributed by atoms with E-state index in [-0.39, 0.29) is 0 Å². The minimum Gasteiger partial charge on any atom is -0.389 e. The number of aryl methyl sites for hydroxylation is 1. The van der Waals surface area contributed by atoms with Gasteiger partial charge in [0.25, 0.3) is 0 Å². The van der Waals surface area contributed by atoms with Crippen LogP contribution in [0.15, 0.2) is 48.5 Å². The first-order valence-corrected chi connectivity index (χ1v) is 6.75. The summed E-state index contributed by atoms with van der Waals surface area (Å²) in [5, 5.41) is 0. The van der Waals surface area contributed by atoms with Gasteiger partial charge < -0.3 is 10.6 Å². The number of para-hydroxylation sites is 1. The predicted octanol–water partition coefficient (Wildman–Crippen LogP) is 3.65. The molecule has 0 saturated heterocycles. The Morgan fingerprint density at radius 3 is 2.32 bits per heavy atom. The maximum Gasteiger partial charge on any atom is 0.106 e. The van der Waals surface area contributed by atoms with Crippen LogP contribution in [-0.2, 0) is 6.42 Å².